The number of fused-ring (bicyclic) bond motifs is 6. The van der Waals surface area contributed by atoms with Crippen molar-refractivity contribution in [3.63, 3.8) is 0 Å². The normalized spacial score (nSPS) is 11.7. The lowest BCUT2D eigenvalue weighted by molar-refractivity contribution is 0.632. The minimum absolute atomic E-state index is 0.840. The topological polar surface area (TPSA) is 26.3 Å². The second kappa shape index (κ2) is 12.2. The molecule has 0 saturated carbocycles. The predicted octanol–water partition coefficient (Wildman–Crippen LogP) is 15.0. The number of furan rings is 2. The average molecular weight is 689 g/mol. The third-order valence-corrected chi connectivity index (χ3v) is 10.9. The standard InChI is InChI=1S/C52H32O2/c1-4-14-33(15-5-1)34-24-26-36(27-25-34)49-39-20-10-12-22-41(39)50(42-23-13-11-21-40(42)49)38-28-29-46-43(30-38)44-31-48-45(32-47(44)53-46)51(35-16-6-2-7-17-35)52(54-48)37-18-8-3-9-19-37/h1-32H. The lowest BCUT2D eigenvalue weighted by atomic mass is 9.85. The molecular formula is C52H32O2. The van der Waals surface area contributed by atoms with Gasteiger partial charge in [-0.25, -0.2) is 0 Å². The van der Waals surface area contributed by atoms with Gasteiger partial charge in [0.05, 0.1) is 0 Å². The maximum absolute atomic E-state index is 6.74. The molecule has 0 aliphatic heterocycles. The van der Waals surface area contributed by atoms with E-state index >= 15 is 0 Å². The van der Waals surface area contributed by atoms with Gasteiger partial charge in [0.25, 0.3) is 0 Å². The predicted molar refractivity (Wildman–Crippen MR) is 226 cm³/mol. The van der Waals surface area contributed by atoms with Crippen LogP contribution in [0.1, 0.15) is 0 Å². The molecule has 0 spiro atoms. The molecule has 11 rings (SSSR count). The van der Waals surface area contributed by atoms with Crippen molar-refractivity contribution in [1.82, 2.24) is 0 Å². The molecule has 0 radical (unpaired) electrons. The summed E-state index contributed by atoms with van der Waals surface area (Å²) in [6.07, 6.45) is 0. The first-order valence-corrected chi connectivity index (χ1v) is 18.4. The van der Waals surface area contributed by atoms with Crippen LogP contribution in [0.15, 0.2) is 203 Å². The van der Waals surface area contributed by atoms with Gasteiger partial charge in [-0.1, -0.05) is 170 Å². The van der Waals surface area contributed by atoms with Crippen LogP contribution in [-0.2, 0) is 0 Å². The van der Waals surface area contributed by atoms with Crippen LogP contribution in [0.5, 0.6) is 0 Å². The summed E-state index contributed by atoms with van der Waals surface area (Å²) in [5, 5.41) is 8.05. The van der Waals surface area contributed by atoms with Crippen molar-refractivity contribution < 1.29 is 8.83 Å². The van der Waals surface area contributed by atoms with Gasteiger partial charge in [-0.05, 0) is 84.8 Å². The molecule has 11 aromatic rings. The lowest BCUT2D eigenvalue weighted by Crippen LogP contribution is -1.91. The van der Waals surface area contributed by atoms with E-state index in [1.807, 2.05) is 12.1 Å². The van der Waals surface area contributed by atoms with Crippen LogP contribution in [0.4, 0.5) is 0 Å². The monoisotopic (exact) mass is 688 g/mol. The highest BCUT2D eigenvalue weighted by Crippen LogP contribution is 2.47. The second-order valence-electron chi connectivity index (χ2n) is 14.0. The van der Waals surface area contributed by atoms with E-state index in [4.69, 9.17) is 8.83 Å². The molecule has 0 amide bonds. The molecule has 0 bridgehead atoms. The van der Waals surface area contributed by atoms with E-state index < -0.39 is 0 Å². The molecule has 0 fully saturated rings. The van der Waals surface area contributed by atoms with Crippen LogP contribution >= 0.6 is 0 Å². The lowest BCUT2D eigenvalue weighted by Gasteiger charge is -2.18. The van der Waals surface area contributed by atoms with E-state index in [1.165, 1.54) is 49.4 Å². The Hall–Kier alpha value is -7.16. The molecule has 0 unspecified atom stereocenters. The Morgan fingerprint density at radius 3 is 1.24 bits per heavy atom. The van der Waals surface area contributed by atoms with Crippen LogP contribution in [0.2, 0.25) is 0 Å². The number of rotatable bonds is 5. The SMILES string of the molecule is c1ccc(-c2ccc(-c3c4ccccc4c(-c4ccc5oc6cc7c(-c8ccccc8)c(-c8ccccc8)oc7cc6c5c4)c4ccccc34)cc2)cc1. The molecule has 9 aromatic carbocycles. The van der Waals surface area contributed by atoms with Crippen LogP contribution in [-0.4, -0.2) is 0 Å². The van der Waals surface area contributed by atoms with Crippen LogP contribution in [0.3, 0.4) is 0 Å². The van der Waals surface area contributed by atoms with E-state index in [9.17, 15) is 0 Å². The molecule has 54 heavy (non-hydrogen) atoms. The van der Waals surface area contributed by atoms with Gasteiger partial charge in [-0.3, -0.25) is 0 Å². The van der Waals surface area contributed by atoms with E-state index in [-0.39, 0.29) is 0 Å². The minimum Gasteiger partial charge on any atom is -0.456 e. The summed E-state index contributed by atoms with van der Waals surface area (Å²) >= 11 is 0. The summed E-state index contributed by atoms with van der Waals surface area (Å²) < 4.78 is 13.4. The molecule has 0 aliphatic rings. The van der Waals surface area contributed by atoms with Gasteiger partial charge in [0.1, 0.15) is 22.5 Å². The Kier molecular flexibility index (Phi) is 6.90. The molecule has 2 aromatic heterocycles. The van der Waals surface area contributed by atoms with Crippen molar-refractivity contribution in [3.8, 4) is 55.8 Å². The number of benzene rings is 9. The summed E-state index contributed by atoms with van der Waals surface area (Å²) in [6, 6.07) is 69.0. The smallest absolute Gasteiger partial charge is 0.143 e. The zero-order chi connectivity index (χ0) is 35.6. The summed E-state index contributed by atoms with van der Waals surface area (Å²) in [4.78, 5) is 0. The van der Waals surface area contributed by atoms with Gasteiger partial charge in [-0.2, -0.15) is 0 Å². The maximum Gasteiger partial charge on any atom is 0.143 e. The number of hydrogen-bond acceptors (Lipinski definition) is 2. The van der Waals surface area contributed by atoms with Crippen molar-refractivity contribution in [2.45, 2.75) is 0 Å². The van der Waals surface area contributed by atoms with Gasteiger partial charge in [-0.15, -0.1) is 0 Å². The fourth-order valence-corrected chi connectivity index (χ4v) is 8.42. The highest BCUT2D eigenvalue weighted by molar-refractivity contribution is 6.22. The first-order chi connectivity index (χ1) is 26.8. The Balaban J connectivity index is 1.11. The zero-order valence-corrected chi connectivity index (χ0v) is 29.3. The summed E-state index contributed by atoms with van der Waals surface area (Å²) in [5.41, 5.74) is 13.0. The highest BCUT2D eigenvalue weighted by atomic mass is 16.3. The molecule has 2 heterocycles. The first kappa shape index (κ1) is 30.5. The van der Waals surface area contributed by atoms with Crippen LogP contribution in [0, 0.1) is 0 Å². The third kappa shape index (κ3) is 4.81. The van der Waals surface area contributed by atoms with Gasteiger partial charge in [0.2, 0.25) is 0 Å². The molecule has 252 valence electrons. The summed E-state index contributed by atoms with van der Waals surface area (Å²) in [6.45, 7) is 0. The fourth-order valence-electron chi connectivity index (χ4n) is 8.42. The largest absolute Gasteiger partial charge is 0.456 e. The molecular weight excluding hydrogens is 657 g/mol. The highest BCUT2D eigenvalue weighted by Gasteiger charge is 2.22. The summed E-state index contributed by atoms with van der Waals surface area (Å²) in [5.74, 6) is 0.863. The maximum atomic E-state index is 6.74. The Morgan fingerprint density at radius 1 is 0.222 bits per heavy atom. The van der Waals surface area contributed by atoms with E-state index in [1.54, 1.807) is 0 Å². The van der Waals surface area contributed by atoms with Crippen LogP contribution < -0.4 is 0 Å². The van der Waals surface area contributed by atoms with Crippen molar-refractivity contribution in [2.24, 2.45) is 0 Å². The second-order valence-corrected chi connectivity index (χ2v) is 14.0. The Bertz CT molecular complexity index is 3110. The molecule has 0 N–H and O–H groups in total. The fraction of sp³-hybridized carbons (Fsp3) is 0. The van der Waals surface area contributed by atoms with Gasteiger partial charge in [0.15, 0.2) is 0 Å². The zero-order valence-electron chi connectivity index (χ0n) is 29.3. The van der Waals surface area contributed by atoms with Gasteiger partial charge >= 0.3 is 0 Å². The number of hydrogen-bond donors (Lipinski definition) is 0. The van der Waals surface area contributed by atoms with Crippen molar-refractivity contribution in [2.75, 3.05) is 0 Å². The Labute approximate surface area is 312 Å². The molecule has 0 atom stereocenters. The van der Waals surface area contributed by atoms with E-state index in [2.05, 4.69) is 182 Å². The van der Waals surface area contributed by atoms with Gasteiger partial charge in [0, 0.05) is 27.3 Å². The van der Waals surface area contributed by atoms with E-state index in [0.717, 1.165) is 60.9 Å². The van der Waals surface area contributed by atoms with E-state index in [0.29, 0.717) is 0 Å². The quantitative estimate of drug-likeness (QED) is 0.168. The third-order valence-electron chi connectivity index (χ3n) is 10.9. The Morgan fingerprint density at radius 2 is 0.630 bits per heavy atom. The first-order valence-electron chi connectivity index (χ1n) is 18.4. The van der Waals surface area contributed by atoms with Gasteiger partial charge < -0.3 is 8.83 Å². The van der Waals surface area contributed by atoms with Crippen molar-refractivity contribution in [3.05, 3.63) is 194 Å². The molecule has 2 heteroatoms. The average Bonchev–Trinajstić information content (AvgIpc) is 3.80. The van der Waals surface area contributed by atoms with Crippen LogP contribution in [0.25, 0.3) is 110 Å². The molecule has 2 nitrogen and oxygen atoms in total. The summed E-state index contributed by atoms with van der Waals surface area (Å²) in [7, 11) is 0. The van der Waals surface area contributed by atoms with Crippen molar-refractivity contribution in [1.29, 1.82) is 0 Å². The molecule has 0 aliphatic carbocycles. The van der Waals surface area contributed by atoms with Crippen molar-refractivity contribution >= 4 is 54.5 Å². The molecule has 0 saturated heterocycles. The minimum atomic E-state index is 0.840.